The molecule has 268 valence electrons. The molecule has 0 N–H and O–H groups in total. The van der Waals surface area contributed by atoms with Gasteiger partial charge in [0.1, 0.15) is 89.6 Å². The van der Waals surface area contributed by atoms with Crippen molar-refractivity contribution in [3.8, 4) is 45.3 Å². The lowest BCUT2D eigenvalue weighted by molar-refractivity contribution is 0.669. The first-order valence-electron chi connectivity index (χ1n) is 20.6. The summed E-state index contributed by atoms with van der Waals surface area (Å²) in [5.41, 5.74) is 19.4. The van der Waals surface area contributed by atoms with E-state index in [4.69, 9.17) is 19.4 Å². The molecule has 4 nitrogen and oxygen atoms in total. The minimum absolute atomic E-state index is 0.633. The molecule has 0 amide bonds. The van der Waals surface area contributed by atoms with Crippen LogP contribution in [-0.2, 0) is 0 Å². The SMILES string of the molecule is Bc1c(B)c(B)c(-c2nc(-c3c(B)c(B)c(B)c(B)c3B)nc(-c3cccc4oc5cccc(-c6ccc7c8ccccc8c8ccccc8c7c6)c5c34)n2)c(B)c1B. The molecule has 2 aromatic heterocycles. The number of benzene rings is 8. The minimum Gasteiger partial charge on any atom is -0.456 e. The molecule has 59 heavy (non-hydrogen) atoms. The van der Waals surface area contributed by atoms with Crippen LogP contribution in [0.15, 0.2) is 108 Å². The van der Waals surface area contributed by atoms with Gasteiger partial charge in [-0.25, -0.2) is 15.0 Å². The second kappa shape index (κ2) is 13.8. The minimum atomic E-state index is 0.633. The molecule has 0 saturated carbocycles. The molecule has 10 rings (SSSR count). The predicted octanol–water partition coefficient (Wildman–Crippen LogP) is -5.52. The van der Waals surface area contributed by atoms with E-state index in [1.54, 1.807) is 0 Å². The first-order valence-corrected chi connectivity index (χ1v) is 20.6. The average Bonchev–Trinajstić information content (AvgIpc) is 3.66. The average molecular weight is 744 g/mol. The quantitative estimate of drug-likeness (QED) is 0.134. The number of aromatic nitrogens is 3. The van der Waals surface area contributed by atoms with Crippen LogP contribution in [0, 0.1) is 0 Å². The summed E-state index contributed by atoms with van der Waals surface area (Å²) in [6.45, 7) is 0. The summed E-state index contributed by atoms with van der Waals surface area (Å²) in [6.07, 6.45) is 0. The van der Waals surface area contributed by atoms with Gasteiger partial charge in [0.2, 0.25) is 0 Å². The third kappa shape index (κ3) is 5.55. The van der Waals surface area contributed by atoms with Gasteiger partial charge in [-0.1, -0.05) is 107 Å². The van der Waals surface area contributed by atoms with Crippen LogP contribution >= 0.6 is 0 Å². The highest BCUT2D eigenvalue weighted by atomic mass is 16.3. The van der Waals surface area contributed by atoms with Crippen LogP contribution in [0.2, 0.25) is 0 Å². The Labute approximate surface area is 353 Å². The summed E-state index contributed by atoms with van der Waals surface area (Å²) >= 11 is 0. The maximum Gasteiger partial charge on any atom is 0.164 e. The van der Waals surface area contributed by atoms with Crippen LogP contribution < -0.4 is 54.6 Å². The Morgan fingerprint density at radius 2 is 0.695 bits per heavy atom. The third-order valence-electron chi connectivity index (χ3n) is 13.9. The molecule has 14 heteroatoms. The molecule has 8 aromatic carbocycles. The lowest BCUT2D eigenvalue weighted by atomic mass is 9.60. The van der Waals surface area contributed by atoms with Crippen molar-refractivity contribution >= 4 is 187 Å². The molecule has 0 unspecified atom stereocenters. The zero-order valence-electron chi connectivity index (χ0n) is 35.6. The van der Waals surface area contributed by atoms with E-state index in [9.17, 15) is 0 Å². The van der Waals surface area contributed by atoms with Gasteiger partial charge in [-0.3, -0.25) is 0 Å². The molecule has 0 fully saturated rings. The molecule has 0 bridgehead atoms. The number of rotatable bonds is 4. The lowest BCUT2D eigenvalue weighted by Crippen LogP contribution is -2.55. The van der Waals surface area contributed by atoms with E-state index in [2.05, 4.69) is 182 Å². The highest BCUT2D eigenvalue weighted by molar-refractivity contribution is 6.70. The van der Waals surface area contributed by atoms with Crippen LogP contribution in [0.25, 0.3) is 99.5 Å². The van der Waals surface area contributed by atoms with Gasteiger partial charge in [-0.05, 0) is 61.6 Å². The molecule has 0 saturated heterocycles. The first kappa shape index (κ1) is 37.3. The summed E-state index contributed by atoms with van der Waals surface area (Å²) in [5.74, 6) is 2.02. The van der Waals surface area contributed by atoms with Crippen molar-refractivity contribution in [1.29, 1.82) is 0 Å². The highest BCUT2D eigenvalue weighted by Gasteiger charge is 2.24. The Kier molecular flexibility index (Phi) is 8.72. The molecule has 0 radical (unpaired) electrons. The van der Waals surface area contributed by atoms with Crippen molar-refractivity contribution in [1.82, 2.24) is 15.0 Å². The van der Waals surface area contributed by atoms with Gasteiger partial charge in [0.25, 0.3) is 0 Å². The largest absolute Gasteiger partial charge is 0.456 e. The van der Waals surface area contributed by atoms with Crippen molar-refractivity contribution in [2.24, 2.45) is 0 Å². The molecule has 0 aliphatic heterocycles. The van der Waals surface area contributed by atoms with E-state index in [0.717, 1.165) is 49.8 Å². The van der Waals surface area contributed by atoms with Crippen molar-refractivity contribution in [3.05, 3.63) is 103 Å². The number of nitrogens with zero attached hydrogens (tertiary/aromatic N) is 3. The third-order valence-corrected chi connectivity index (χ3v) is 13.9. The second-order valence-electron chi connectivity index (χ2n) is 16.6. The fraction of sp³-hybridized carbons (Fsp3) is 0. The van der Waals surface area contributed by atoms with E-state index in [1.165, 1.54) is 86.9 Å². The molecule has 10 aromatic rings. The van der Waals surface area contributed by atoms with Gasteiger partial charge in [-0.2, -0.15) is 0 Å². The molecular weight excluding hydrogens is 707 g/mol. The normalized spacial score (nSPS) is 11.7. The Morgan fingerprint density at radius 3 is 1.17 bits per heavy atom. The van der Waals surface area contributed by atoms with Gasteiger partial charge in [0.05, 0.1) is 0 Å². The molecule has 0 aliphatic carbocycles. The van der Waals surface area contributed by atoms with Gasteiger partial charge in [0, 0.05) is 27.5 Å². The zero-order valence-corrected chi connectivity index (χ0v) is 35.6. The van der Waals surface area contributed by atoms with E-state index in [1.807, 2.05) is 0 Å². The first-order chi connectivity index (χ1) is 28.4. The molecule has 0 atom stereocenters. The fourth-order valence-electron chi connectivity index (χ4n) is 9.76. The Balaban J connectivity index is 1.28. The van der Waals surface area contributed by atoms with Gasteiger partial charge >= 0.3 is 0 Å². The van der Waals surface area contributed by atoms with Crippen LogP contribution in [-0.4, -0.2) is 93.4 Å². The summed E-state index contributed by atoms with van der Waals surface area (Å²) < 4.78 is 6.72. The van der Waals surface area contributed by atoms with Crippen LogP contribution in [0.4, 0.5) is 0 Å². The maximum absolute atomic E-state index is 6.72. The Bertz CT molecular complexity index is 3300. The van der Waals surface area contributed by atoms with Gasteiger partial charge < -0.3 is 4.42 Å². The smallest absolute Gasteiger partial charge is 0.164 e. The zero-order chi connectivity index (χ0) is 41.0. The predicted molar refractivity (Wildman–Crippen MR) is 283 cm³/mol. The van der Waals surface area contributed by atoms with Crippen molar-refractivity contribution < 1.29 is 4.42 Å². The Morgan fingerprint density at radius 1 is 0.322 bits per heavy atom. The van der Waals surface area contributed by atoms with Crippen molar-refractivity contribution in [2.75, 3.05) is 0 Å². The monoisotopic (exact) mass is 745 g/mol. The number of furan rings is 1. The summed E-state index contributed by atoms with van der Waals surface area (Å²) in [6, 6.07) is 37.1. The molecule has 0 spiro atoms. The Hall–Kier alpha value is -6.00. The summed E-state index contributed by atoms with van der Waals surface area (Å²) in [7, 11) is 22.1. The molecule has 0 aliphatic rings. The standard InChI is InChI=1S/C45H37B10N3O/c46-33-31(34(47)38(51)41(54)37(33)50)44-56-43(57-45(58-44)32-35(48)39(52)42(55)40(53)36(32)49)25-12-6-14-28-30(25)29-19(11-5-13-27(29)59-28)18-15-16-24-22-9-2-1-7-20(22)21-8-3-4-10-23(21)26(24)17-18/h1-17H,46-55H2. The van der Waals surface area contributed by atoms with E-state index in [-0.39, 0.29) is 0 Å². The lowest BCUT2D eigenvalue weighted by Gasteiger charge is -2.22. The van der Waals surface area contributed by atoms with Crippen LogP contribution in [0.3, 0.4) is 0 Å². The number of hydrogen-bond donors (Lipinski definition) is 0. The topological polar surface area (TPSA) is 51.8 Å². The van der Waals surface area contributed by atoms with Crippen molar-refractivity contribution in [2.45, 2.75) is 0 Å². The molecular formula is C45H37B10N3O. The second-order valence-corrected chi connectivity index (χ2v) is 16.6. The maximum atomic E-state index is 6.72. The fourth-order valence-corrected chi connectivity index (χ4v) is 9.76. The highest BCUT2D eigenvalue weighted by Crippen LogP contribution is 2.43. The molecule has 2 heterocycles. The van der Waals surface area contributed by atoms with Crippen molar-refractivity contribution in [3.63, 3.8) is 0 Å². The number of hydrogen-bond acceptors (Lipinski definition) is 4. The van der Waals surface area contributed by atoms with E-state index in [0.29, 0.717) is 17.5 Å². The van der Waals surface area contributed by atoms with E-state index < -0.39 is 0 Å². The summed E-state index contributed by atoms with van der Waals surface area (Å²) in [5, 5.41) is 9.57. The summed E-state index contributed by atoms with van der Waals surface area (Å²) in [4.78, 5) is 16.3. The van der Waals surface area contributed by atoms with Crippen LogP contribution in [0.1, 0.15) is 0 Å². The number of fused-ring (bicyclic) bond motifs is 9. The van der Waals surface area contributed by atoms with E-state index >= 15 is 0 Å². The van der Waals surface area contributed by atoms with Gasteiger partial charge in [0.15, 0.2) is 17.5 Å². The van der Waals surface area contributed by atoms with Crippen LogP contribution in [0.5, 0.6) is 0 Å². The van der Waals surface area contributed by atoms with Gasteiger partial charge in [-0.15, -0.1) is 32.8 Å².